The smallest absolute Gasteiger partial charge is 0.262 e. The number of amides is 2. The summed E-state index contributed by atoms with van der Waals surface area (Å²) in [5.74, 6) is 0.696. The number of halogens is 1. The van der Waals surface area contributed by atoms with Gasteiger partial charge in [-0.25, -0.2) is 0 Å². The Morgan fingerprint density at radius 1 is 1.17 bits per heavy atom. The number of aromatic nitrogens is 1. The molecule has 2 aromatic heterocycles. The molecule has 0 radical (unpaired) electrons. The topological polar surface area (TPSA) is 83.1 Å². The van der Waals surface area contributed by atoms with Crippen LogP contribution >= 0.6 is 22.9 Å². The van der Waals surface area contributed by atoms with Crippen LogP contribution in [0.15, 0.2) is 24.4 Å². The van der Waals surface area contributed by atoms with Gasteiger partial charge in [-0.15, -0.1) is 11.3 Å². The number of hydrogen-bond donors (Lipinski definition) is 3. The number of hydrogen-bond acceptors (Lipinski definition) is 5. The summed E-state index contributed by atoms with van der Waals surface area (Å²) in [5.41, 5.74) is 1.95. The minimum atomic E-state index is -0.473. The van der Waals surface area contributed by atoms with Crippen LogP contribution < -0.4 is 16.0 Å². The number of anilines is 1. The molecule has 4 saturated carbocycles. The Kier molecular flexibility index (Phi) is 7.09. The molecule has 4 fully saturated rings. The molecule has 6 nitrogen and oxygen atoms in total. The average Bonchev–Trinajstić information content (AvgIpc) is 3.52. The van der Waals surface area contributed by atoms with Crippen molar-refractivity contribution in [3.8, 4) is 0 Å². The van der Waals surface area contributed by atoms with Gasteiger partial charge in [-0.1, -0.05) is 11.6 Å². The number of carbonyl (C=O) groups is 2. The van der Waals surface area contributed by atoms with E-state index in [4.69, 9.17) is 11.6 Å². The number of fused-ring (bicyclic) bond motifs is 3. The van der Waals surface area contributed by atoms with Crippen molar-refractivity contribution < 1.29 is 9.59 Å². The van der Waals surface area contributed by atoms with Crippen LogP contribution in [0.2, 0.25) is 5.02 Å². The first-order valence-electron chi connectivity index (χ1n) is 12.9. The van der Waals surface area contributed by atoms with E-state index in [0.717, 1.165) is 41.4 Å². The molecule has 0 spiro atoms. The first-order valence-corrected chi connectivity index (χ1v) is 14.1. The standard InChI is InChI=1S/C27H35ClN4O2S/c1-16-21(13-19(28)15-29-16)30-17(2)23-5-6-24(35-23)26(34)32-22(25(33)31-20-3-4-20)14-27-10-7-18(8-11-27)9-12-27/h5-6,13,15,17-18,20,22,30H,3-4,7-12,14H2,1-2H3,(H,31,33)(H,32,34)/t17-,18?,22+,27?/m0/s1. The molecule has 0 saturated heterocycles. The van der Waals surface area contributed by atoms with Gasteiger partial charge in [0, 0.05) is 17.1 Å². The largest absolute Gasteiger partial charge is 0.376 e. The van der Waals surface area contributed by atoms with Crippen molar-refractivity contribution in [1.82, 2.24) is 15.6 Å². The molecule has 2 heterocycles. The van der Waals surface area contributed by atoms with Gasteiger partial charge in [0.05, 0.1) is 27.3 Å². The molecule has 188 valence electrons. The third-order valence-corrected chi connectivity index (χ3v) is 9.61. The van der Waals surface area contributed by atoms with Crippen LogP contribution in [-0.4, -0.2) is 28.9 Å². The normalized spacial score (nSPS) is 25.1. The van der Waals surface area contributed by atoms with E-state index in [1.165, 1.54) is 49.9 Å². The van der Waals surface area contributed by atoms with Crippen LogP contribution in [0.3, 0.4) is 0 Å². The van der Waals surface area contributed by atoms with Gasteiger partial charge in [-0.2, -0.15) is 0 Å². The third-order valence-electron chi connectivity index (χ3n) is 8.13. The zero-order valence-electron chi connectivity index (χ0n) is 20.5. The van der Waals surface area contributed by atoms with Crippen LogP contribution in [0, 0.1) is 18.3 Å². The van der Waals surface area contributed by atoms with Crippen molar-refractivity contribution in [2.24, 2.45) is 11.3 Å². The first-order chi connectivity index (χ1) is 16.8. The molecule has 2 atom stereocenters. The highest BCUT2D eigenvalue weighted by Crippen LogP contribution is 2.52. The average molecular weight is 515 g/mol. The minimum absolute atomic E-state index is 0.00853. The summed E-state index contributed by atoms with van der Waals surface area (Å²) in [7, 11) is 0. The Balaban J connectivity index is 1.26. The molecule has 2 amide bonds. The van der Waals surface area contributed by atoms with E-state index in [2.05, 4.69) is 27.9 Å². The first kappa shape index (κ1) is 24.6. The lowest BCUT2D eigenvalue weighted by atomic mass is 9.58. The quantitative estimate of drug-likeness (QED) is 0.382. The lowest BCUT2D eigenvalue weighted by Gasteiger charge is -2.48. The second kappa shape index (κ2) is 10.1. The molecule has 6 rings (SSSR count). The molecule has 4 aliphatic carbocycles. The van der Waals surface area contributed by atoms with Crippen LogP contribution in [0.25, 0.3) is 0 Å². The van der Waals surface area contributed by atoms with Gasteiger partial charge in [0.15, 0.2) is 0 Å². The fraction of sp³-hybridized carbons (Fsp3) is 0.593. The lowest BCUT2D eigenvalue weighted by Crippen LogP contribution is -2.51. The summed E-state index contributed by atoms with van der Waals surface area (Å²) in [6.45, 7) is 3.99. The Bertz CT molecular complexity index is 1080. The van der Waals surface area contributed by atoms with Crippen molar-refractivity contribution >= 4 is 40.4 Å². The number of nitrogens with zero attached hydrogens (tertiary/aromatic N) is 1. The molecule has 2 bridgehead atoms. The van der Waals surface area contributed by atoms with E-state index < -0.39 is 6.04 Å². The van der Waals surface area contributed by atoms with E-state index in [0.29, 0.717) is 9.90 Å². The Labute approximate surface area is 216 Å². The van der Waals surface area contributed by atoms with E-state index in [9.17, 15) is 9.59 Å². The summed E-state index contributed by atoms with van der Waals surface area (Å²) in [4.78, 5) is 32.4. The number of rotatable bonds is 9. The highest BCUT2D eigenvalue weighted by atomic mass is 35.5. The second-order valence-corrected chi connectivity index (χ2v) is 12.4. The molecular formula is C27H35ClN4O2S. The van der Waals surface area contributed by atoms with Crippen molar-refractivity contribution in [3.63, 3.8) is 0 Å². The van der Waals surface area contributed by atoms with Crippen LogP contribution in [0.4, 0.5) is 5.69 Å². The summed E-state index contributed by atoms with van der Waals surface area (Å²) in [6.07, 6.45) is 11.8. The second-order valence-electron chi connectivity index (χ2n) is 10.8. The maximum atomic E-state index is 13.3. The van der Waals surface area contributed by atoms with Crippen molar-refractivity contribution in [2.75, 3.05) is 5.32 Å². The fourth-order valence-corrected chi connectivity index (χ4v) is 6.78. The van der Waals surface area contributed by atoms with Crippen molar-refractivity contribution in [1.29, 1.82) is 0 Å². The van der Waals surface area contributed by atoms with Gasteiger partial charge >= 0.3 is 0 Å². The van der Waals surface area contributed by atoms with Gasteiger partial charge in [-0.3, -0.25) is 14.6 Å². The van der Waals surface area contributed by atoms with Crippen LogP contribution in [0.1, 0.15) is 91.0 Å². The van der Waals surface area contributed by atoms with Crippen LogP contribution in [-0.2, 0) is 4.79 Å². The van der Waals surface area contributed by atoms with Crippen LogP contribution in [0.5, 0.6) is 0 Å². The van der Waals surface area contributed by atoms with Gasteiger partial charge in [0.25, 0.3) is 5.91 Å². The molecule has 3 N–H and O–H groups in total. The number of pyridine rings is 1. The van der Waals surface area contributed by atoms with Gasteiger partial charge in [-0.05, 0) is 101 Å². The molecule has 0 aromatic carbocycles. The SMILES string of the molecule is Cc1ncc(Cl)cc1N[C@@H](C)c1ccc(C(=O)N[C@H](CC23CCC(CC2)CC3)C(=O)NC2CC2)s1. The van der Waals surface area contributed by atoms with Crippen molar-refractivity contribution in [3.05, 3.63) is 44.9 Å². The summed E-state index contributed by atoms with van der Waals surface area (Å²) in [6, 6.07) is 5.50. The zero-order valence-corrected chi connectivity index (χ0v) is 22.1. The van der Waals surface area contributed by atoms with E-state index >= 15 is 0 Å². The highest BCUT2D eigenvalue weighted by molar-refractivity contribution is 7.14. The number of thiophene rings is 1. The van der Waals surface area contributed by atoms with Crippen molar-refractivity contribution in [2.45, 2.75) is 89.8 Å². The van der Waals surface area contributed by atoms with Gasteiger partial charge < -0.3 is 16.0 Å². The number of carbonyl (C=O) groups excluding carboxylic acids is 2. The highest BCUT2D eigenvalue weighted by Gasteiger charge is 2.43. The molecule has 8 heteroatoms. The summed E-state index contributed by atoms with van der Waals surface area (Å²) >= 11 is 7.57. The van der Waals surface area contributed by atoms with E-state index in [-0.39, 0.29) is 29.3 Å². The van der Waals surface area contributed by atoms with Gasteiger partial charge in [0.1, 0.15) is 6.04 Å². The molecular weight excluding hydrogens is 480 g/mol. The predicted molar refractivity (Wildman–Crippen MR) is 141 cm³/mol. The summed E-state index contributed by atoms with van der Waals surface area (Å²) in [5, 5.41) is 10.3. The monoisotopic (exact) mass is 514 g/mol. The zero-order chi connectivity index (χ0) is 24.6. The van der Waals surface area contributed by atoms with Gasteiger partial charge in [0.2, 0.25) is 5.91 Å². The molecule has 4 aliphatic rings. The number of nitrogens with one attached hydrogen (secondary N) is 3. The molecule has 2 aromatic rings. The number of aryl methyl sites for hydroxylation is 1. The maximum Gasteiger partial charge on any atom is 0.262 e. The predicted octanol–water partition coefficient (Wildman–Crippen LogP) is 6.02. The molecule has 0 aliphatic heterocycles. The Morgan fingerprint density at radius 2 is 1.89 bits per heavy atom. The van der Waals surface area contributed by atoms with E-state index in [1.54, 1.807) is 6.20 Å². The molecule has 35 heavy (non-hydrogen) atoms. The Morgan fingerprint density at radius 3 is 2.57 bits per heavy atom. The fourth-order valence-electron chi connectivity index (χ4n) is 5.71. The Hall–Kier alpha value is -2.12. The van der Waals surface area contributed by atoms with E-state index in [1.807, 2.05) is 25.1 Å². The lowest BCUT2D eigenvalue weighted by molar-refractivity contribution is -0.124. The maximum absolute atomic E-state index is 13.3. The molecule has 0 unspecified atom stereocenters. The minimum Gasteiger partial charge on any atom is -0.376 e. The third kappa shape index (κ3) is 5.83. The summed E-state index contributed by atoms with van der Waals surface area (Å²) < 4.78 is 0.